The molecule has 2 aromatic heterocycles. The number of nitrogens with one attached hydrogen (secondary N) is 1. The van der Waals surface area contributed by atoms with E-state index in [1.165, 1.54) is 0 Å². The molecule has 0 spiro atoms. The predicted octanol–water partition coefficient (Wildman–Crippen LogP) is 0.547. The van der Waals surface area contributed by atoms with Gasteiger partial charge < -0.3 is 10.2 Å². The average Bonchev–Trinajstić information content (AvgIpc) is 3.09. The van der Waals surface area contributed by atoms with Gasteiger partial charge in [-0.3, -0.25) is 9.20 Å². The number of carbonyl (C=O) groups is 1. The van der Waals surface area contributed by atoms with Gasteiger partial charge in [-0.05, 0) is 19.8 Å². The number of hydrogen-bond donors (Lipinski definition) is 1. The van der Waals surface area contributed by atoms with Crippen LogP contribution >= 0.6 is 0 Å². The van der Waals surface area contributed by atoms with E-state index in [-0.39, 0.29) is 11.9 Å². The van der Waals surface area contributed by atoms with Crippen LogP contribution in [0.2, 0.25) is 0 Å². The fourth-order valence-corrected chi connectivity index (χ4v) is 2.34. The third kappa shape index (κ3) is 2.23. The summed E-state index contributed by atoms with van der Waals surface area (Å²) in [6, 6.07) is -0.312. The van der Waals surface area contributed by atoms with Crippen molar-refractivity contribution >= 4 is 17.4 Å². The number of likely N-dealkylation sites (tertiary alicyclic amines) is 1. The van der Waals surface area contributed by atoms with Gasteiger partial charge >= 0.3 is 0 Å². The average molecular weight is 260 g/mol. The molecule has 19 heavy (non-hydrogen) atoms. The number of amides is 1. The fourth-order valence-electron chi connectivity index (χ4n) is 2.34. The van der Waals surface area contributed by atoms with Crippen LogP contribution in [-0.2, 0) is 4.79 Å². The molecule has 7 heteroatoms. The maximum Gasteiger partial charge on any atom is 0.244 e. The van der Waals surface area contributed by atoms with Crippen molar-refractivity contribution < 1.29 is 4.79 Å². The van der Waals surface area contributed by atoms with Gasteiger partial charge in [0.25, 0.3) is 0 Å². The van der Waals surface area contributed by atoms with E-state index in [2.05, 4.69) is 20.5 Å². The maximum atomic E-state index is 12.2. The summed E-state index contributed by atoms with van der Waals surface area (Å²) in [5.74, 6) is 0.695. The summed E-state index contributed by atoms with van der Waals surface area (Å²) in [4.78, 5) is 18.3. The fraction of sp³-hybridized carbons (Fsp3) is 0.500. The molecule has 0 aromatic carbocycles. The zero-order valence-electron chi connectivity index (χ0n) is 10.8. The molecule has 7 nitrogen and oxygen atoms in total. The first-order chi connectivity index (χ1) is 9.25. The van der Waals surface area contributed by atoms with Gasteiger partial charge in [-0.1, -0.05) is 0 Å². The van der Waals surface area contributed by atoms with E-state index in [1.54, 1.807) is 23.1 Å². The van der Waals surface area contributed by atoms with Crippen molar-refractivity contribution in [2.45, 2.75) is 25.8 Å². The molecule has 0 saturated carbocycles. The second kappa shape index (κ2) is 4.83. The summed E-state index contributed by atoms with van der Waals surface area (Å²) in [5, 5.41) is 10.9. The molecule has 1 amide bonds. The van der Waals surface area contributed by atoms with Crippen molar-refractivity contribution in [3.8, 4) is 0 Å². The summed E-state index contributed by atoms with van der Waals surface area (Å²) >= 11 is 0. The highest BCUT2D eigenvalue weighted by Gasteiger charge is 2.23. The molecule has 1 fully saturated rings. The normalized spacial score (nSPS) is 16.8. The van der Waals surface area contributed by atoms with Crippen molar-refractivity contribution in [2.75, 3.05) is 18.4 Å². The van der Waals surface area contributed by atoms with Gasteiger partial charge in [-0.2, -0.15) is 0 Å². The highest BCUT2D eigenvalue weighted by molar-refractivity contribution is 5.85. The van der Waals surface area contributed by atoms with E-state index in [1.807, 2.05) is 11.8 Å². The third-order valence-electron chi connectivity index (χ3n) is 3.36. The van der Waals surface area contributed by atoms with E-state index in [0.717, 1.165) is 25.9 Å². The van der Waals surface area contributed by atoms with Crippen LogP contribution < -0.4 is 5.32 Å². The van der Waals surface area contributed by atoms with Crippen molar-refractivity contribution in [1.82, 2.24) is 24.5 Å². The number of nitrogens with zero attached hydrogens (tertiary/aromatic N) is 5. The Labute approximate surface area is 110 Å². The maximum absolute atomic E-state index is 12.2. The minimum atomic E-state index is -0.312. The van der Waals surface area contributed by atoms with Gasteiger partial charge in [0.05, 0.1) is 0 Å². The summed E-state index contributed by atoms with van der Waals surface area (Å²) in [6.07, 6.45) is 7.22. The molecular weight excluding hydrogens is 244 g/mol. The topological polar surface area (TPSA) is 75.4 Å². The number of anilines is 1. The molecule has 1 N–H and O–H groups in total. The highest BCUT2D eigenvalue weighted by atomic mass is 16.2. The first-order valence-electron chi connectivity index (χ1n) is 6.45. The van der Waals surface area contributed by atoms with Gasteiger partial charge in [0.2, 0.25) is 11.6 Å². The molecule has 3 heterocycles. The minimum absolute atomic E-state index is 0.112. The van der Waals surface area contributed by atoms with Crippen molar-refractivity contribution in [2.24, 2.45) is 0 Å². The second-order valence-corrected chi connectivity index (χ2v) is 4.74. The zero-order chi connectivity index (χ0) is 13.2. The predicted molar refractivity (Wildman–Crippen MR) is 69.7 cm³/mol. The lowest BCUT2D eigenvalue weighted by molar-refractivity contribution is -0.130. The molecule has 2 aromatic rings. The SMILES string of the molecule is CC(Nc1nccn2cnnc12)C(=O)N1CCCC1. The molecule has 0 bridgehead atoms. The number of aromatic nitrogens is 4. The highest BCUT2D eigenvalue weighted by Crippen LogP contribution is 2.14. The Kier molecular flexibility index (Phi) is 3.02. The third-order valence-corrected chi connectivity index (χ3v) is 3.36. The lowest BCUT2D eigenvalue weighted by Gasteiger charge is -2.21. The van der Waals surface area contributed by atoms with Crippen LogP contribution in [0.15, 0.2) is 18.7 Å². The summed E-state index contributed by atoms with van der Waals surface area (Å²) in [6.45, 7) is 3.56. The number of hydrogen-bond acceptors (Lipinski definition) is 5. The molecule has 100 valence electrons. The molecule has 1 aliphatic heterocycles. The molecular formula is C12H16N6O. The second-order valence-electron chi connectivity index (χ2n) is 4.74. The van der Waals surface area contributed by atoms with Crippen molar-refractivity contribution in [1.29, 1.82) is 0 Å². The first kappa shape index (κ1) is 11.9. The van der Waals surface area contributed by atoms with Crippen molar-refractivity contribution in [3.63, 3.8) is 0 Å². The Morgan fingerprint density at radius 3 is 3.00 bits per heavy atom. The summed E-state index contributed by atoms with van der Waals surface area (Å²) in [7, 11) is 0. The standard InChI is InChI=1S/C12H16N6O/c1-9(12(19)17-5-2-3-6-17)15-10-11-16-14-8-18(11)7-4-13-10/h4,7-9H,2-3,5-6H2,1H3,(H,13,15). The Balaban J connectivity index is 1.76. The van der Waals surface area contributed by atoms with E-state index < -0.39 is 0 Å². The summed E-state index contributed by atoms with van der Waals surface area (Å²) in [5.41, 5.74) is 0.628. The quantitative estimate of drug-likeness (QED) is 0.872. The molecule has 1 saturated heterocycles. The Morgan fingerprint density at radius 2 is 2.21 bits per heavy atom. The first-order valence-corrected chi connectivity index (χ1v) is 6.45. The van der Waals surface area contributed by atoms with Crippen molar-refractivity contribution in [3.05, 3.63) is 18.7 Å². The Morgan fingerprint density at radius 1 is 1.42 bits per heavy atom. The number of carbonyl (C=O) groups excluding carboxylic acids is 1. The van der Waals surface area contributed by atoms with Gasteiger partial charge in [-0.25, -0.2) is 4.98 Å². The van der Waals surface area contributed by atoms with Crippen LogP contribution in [0.4, 0.5) is 5.82 Å². The number of fused-ring (bicyclic) bond motifs is 1. The molecule has 0 aliphatic carbocycles. The van der Waals surface area contributed by atoms with Crippen LogP contribution in [0.3, 0.4) is 0 Å². The molecule has 1 unspecified atom stereocenters. The van der Waals surface area contributed by atoms with E-state index in [9.17, 15) is 4.79 Å². The summed E-state index contributed by atoms with van der Waals surface area (Å²) < 4.78 is 1.77. The van der Waals surface area contributed by atoms with Crippen LogP contribution in [0.1, 0.15) is 19.8 Å². The van der Waals surface area contributed by atoms with Gasteiger partial charge in [-0.15, -0.1) is 10.2 Å². The largest absolute Gasteiger partial charge is 0.355 e. The van der Waals surface area contributed by atoms with E-state index in [0.29, 0.717) is 11.5 Å². The molecule has 1 aliphatic rings. The minimum Gasteiger partial charge on any atom is -0.355 e. The van der Waals surface area contributed by atoms with E-state index >= 15 is 0 Å². The molecule has 1 atom stereocenters. The molecule has 0 radical (unpaired) electrons. The smallest absolute Gasteiger partial charge is 0.244 e. The van der Waals surface area contributed by atoms with Gasteiger partial charge in [0.15, 0.2) is 5.82 Å². The lowest BCUT2D eigenvalue weighted by atomic mass is 10.3. The monoisotopic (exact) mass is 260 g/mol. The van der Waals surface area contributed by atoms with E-state index in [4.69, 9.17) is 0 Å². The van der Waals surface area contributed by atoms with Gasteiger partial charge in [0, 0.05) is 25.5 Å². The Hall–Kier alpha value is -2.18. The van der Waals surface area contributed by atoms with Crippen LogP contribution in [0.5, 0.6) is 0 Å². The zero-order valence-corrected chi connectivity index (χ0v) is 10.8. The Bertz CT molecular complexity index is 589. The van der Waals surface area contributed by atoms with Crippen LogP contribution in [-0.4, -0.2) is 49.5 Å². The van der Waals surface area contributed by atoms with Crippen LogP contribution in [0, 0.1) is 0 Å². The lowest BCUT2D eigenvalue weighted by Crippen LogP contribution is -2.39. The van der Waals surface area contributed by atoms with Gasteiger partial charge in [0.1, 0.15) is 12.4 Å². The van der Waals surface area contributed by atoms with Crippen LogP contribution in [0.25, 0.3) is 5.65 Å². The number of rotatable bonds is 3. The molecule has 3 rings (SSSR count).